The lowest BCUT2D eigenvalue weighted by atomic mass is 9.85. The van der Waals surface area contributed by atoms with Crippen molar-refractivity contribution in [2.24, 2.45) is 0 Å². The molecule has 44 valence electrons. The zero-order valence-corrected chi connectivity index (χ0v) is 4.92. The van der Waals surface area contributed by atoms with Crippen LogP contribution in [-0.2, 0) is 0 Å². The molecule has 0 amide bonds. The van der Waals surface area contributed by atoms with Crippen LogP contribution >= 0.6 is 0 Å². The molecule has 9 heavy (non-hydrogen) atoms. The van der Waals surface area contributed by atoms with E-state index >= 15 is 0 Å². The van der Waals surface area contributed by atoms with E-state index in [4.69, 9.17) is 4.84 Å². The van der Waals surface area contributed by atoms with Gasteiger partial charge in [0.2, 0.25) is 0 Å². The molecular weight excluding hydrogens is 113 g/mol. The van der Waals surface area contributed by atoms with E-state index in [1.54, 1.807) is 0 Å². The third kappa shape index (κ3) is 0.696. The number of rotatable bonds is 0. The molecule has 1 aromatic rings. The molecule has 0 spiro atoms. The molecule has 1 aliphatic rings. The van der Waals surface area contributed by atoms with E-state index in [0.717, 1.165) is 13.2 Å². The monoisotopic (exact) mass is 119 g/mol. The van der Waals surface area contributed by atoms with E-state index in [1.165, 1.54) is 5.46 Å². The molecule has 2 rings (SSSR count). The van der Waals surface area contributed by atoms with Gasteiger partial charge >= 0.3 is 0 Å². The Morgan fingerprint density at radius 2 is 2.22 bits per heavy atom. The van der Waals surface area contributed by atoms with Crippen molar-refractivity contribution in [3.63, 3.8) is 0 Å². The van der Waals surface area contributed by atoms with Gasteiger partial charge in [0.15, 0.2) is 0 Å². The molecule has 0 radical (unpaired) electrons. The molecule has 0 atom stereocenters. The lowest BCUT2D eigenvalue weighted by Crippen LogP contribution is -2.20. The van der Waals surface area contributed by atoms with Gasteiger partial charge in [0, 0.05) is 0 Å². The van der Waals surface area contributed by atoms with Crippen molar-refractivity contribution in [3.8, 4) is 5.75 Å². The van der Waals surface area contributed by atoms with Crippen LogP contribution in [0, 0.1) is 0 Å². The summed E-state index contributed by atoms with van der Waals surface area (Å²) in [6.45, 7) is 0. The Morgan fingerprint density at radius 1 is 1.33 bits per heavy atom. The van der Waals surface area contributed by atoms with E-state index < -0.39 is 0 Å². The lowest BCUT2D eigenvalue weighted by Gasteiger charge is -1.93. The Hall–Kier alpha value is -0.955. The second kappa shape index (κ2) is 1.77. The molecular formula is C6H6BNO. The summed E-state index contributed by atoms with van der Waals surface area (Å²) in [5.74, 6) is 0.956. The molecule has 1 aromatic carbocycles. The maximum absolute atomic E-state index is 5.05. The highest BCUT2D eigenvalue weighted by Gasteiger charge is 2.10. The van der Waals surface area contributed by atoms with Crippen molar-refractivity contribution in [2.45, 2.75) is 0 Å². The minimum Gasteiger partial charge on any atom is -0.421 e. The number of benzene rings is 1. The third-order valence-corrected chi connectivity index (χ3v) is 1.42. The third-order valence-electron chi connectivity index (χ3n) is 1.42. The zero-order valence-electron chi connectivity index (χ0n) is 4.92. The van der Waals surface area contributed by atoms with Crippen LogP contribution in [-0.4, -0.2) is 7.41 Å². The van der Waals surface area contributed by atoms with Crippen molar-refractivity contribution in [3.05, 3.63) is 24.3 Å². The molecule has 0 saturated carbocycles. The van der Waals surface area contributed by atoms with Gasteiger partial charge in [-0.2, -0.15) is 5.39 Å². The average Bonchev–Trinajstić information content (AvgIpc) is 2.33. The van der Waals surface area contributed by atoms with Crippen LogP contribution < -0.4 is 15.7 Å². The second-order valence-electron chi connectivity index (χ2n) is 2.03. The van der Waals surface area contributed by atoms with Gasteiger partial charge in [-0.1, -0.05) is 18.2 Å². The molecule has 2 nitrogen and oxygen atoms in total. The number of nitrogens with one attached hydrogen (secondary N) is 1. The SMILES string of the molecule is B1NOc2ccccc21. The summed E-state index contributed by atoms with van der Waals surface area (Å²) >= 11 is 0. The highest BCUT2D eigenvalue weighted by atomic mass is 16.6. The quantitative estimate of drug-likeness (QED) is 0.467. The molecule has 0 aliphatic carbocycles. The first-order valence-electron chi connectivity index (χ1n) is 2.94. The normalized spacial score (nSPS) is 13.8. The van der Waals surface area contributed by atoms with E-state index in [1.807, 2.05) is 18.2 Å². The first-order valence-corrected chi connectivity index (χ1v) is 2.94. The van der Waals surface area contributed by atoms with Crippen LogP contribution in [0.5, 0.6) is 5.75 Å². The molecule has 1 heterocycles. The molecule has 0 saturated heterocycles. The molecule has 0 fully saturated rings. The Labute approximate surface area is 54.1 Å². The van der Waals surface area contributed by atoms with Crippen LogP contribution in [0.3, 0.4) is 0 Å². The highest BCUT2D eigenvalue weighted by Crippen LogP contribution is 2.06. The first kappa shape index (κ1) is 4.88. The first-order chi connectivity index (χ1) is 4.47. The van der Waals surface area contributed by atoms with Gasteiger partial charge in [-0.3, -0.25) is 0 Å². The summed E-state index contributed by atoms with van der Waals surface area (Å²) in [6.07, 6.45) is 0. The predicted molar refractivity (Wildman–Crippen MR) is 37.0 cm³/mol. The van der Waals surface area contributed by atoms with Crippen molar-refractivity contribution < 1.29 is 4.84 Å². The highest BCUT2D eigenvalue weighted by molar-refractivity contribution is 6.52. The second-order valence-corrected chi connectivity index (χ2v) is 2.03. The van der Waals surface area contributed by atoms with Crippen molar-refractivity contribution in [1.82, 2.24) is 5.39 Å². The minimum absolute atomic E-state index is 0.830. The standard InChI is InChI=1S/C6H6BNO/c1-2-4-6-5(3-1)7-8-9-6/h1-4,7-8H. The fraction of sp³-hybridized carbons (Fsp3) is 0. The van der Waals surface area contributed by atoms with Crippen molar-refractivity contribution >= 4 is 12.9 Å². The van der Waals surface area contributed by atoms with E-state index in [9.17, 15) is 0 Å². The van der Waals surface area contributed by atoms with Crippen molar-refractivity contribution in [2.75, 3.05) is 0 Å². The zero-order chi connectivity index (χ0) is 6.10. The number of para-hydroxylation sites is 1. The summed E-state index contributed by atoms with van der Waals surface area (Å²) in [4.78, 5) is 5.05. The maximum atomic E-state index is 5.05. The van der Waals surface area contributed by atoms with E-state index in [-0.39, 0.29) is 0 Å². The van der Waals surface area contributed by atoms with Gasteiger partial charge in [-0.15, -0.1) is 0 Å². The van der Waals surface area contributed by atoms with Crippen LogP contribution in [0.4, 0.5) is 0 Å². The largest absolute Gasteiger partial charge is 0.421 e. The predicted octanol–water partition coefficient (Wildman–Crippen LogP) is -0.440. The van der Waals surface area contributed by atoms with Gasteiger partial charge in [0.05, 0.1) is 0 Å². The van der Waals surface area contributed by atoms with Gasteiger partial charge < -0.3 is 4.84 Å². The summed E-state index contributed by atoms with van der Waals surface area (Å²) in [5.41, 5.74) is 1.23. The Bertz CT molecular complexity index is 203. The summed E-state index contributed by atoms with van der Waals surface area (Å²) < 4.78 is 0. The van der Waals surface area contributed by atoms with Gasteiger partial charge in [-0.25, -0.2) is 0 Å². The minimum atomic E-state index is 0.830. The summed E-state index contributed by atoms with van der Waals surface area (Å²) in [5, 5.41) is 2.79. The Morgan fingerprint density at radius 3 is 3.11 bits per heavy atom. The molecule has 0 unspecified atom stereocenters. The van der Waals surface area contributed by atoms with Crippen LogP contribution in [0.1, 0.15) is 0 Å². The lowest BCUT2D eigenvalue weighted by molar-refractivity contribution is 0.288. The van der Waals surface area contributed by atoms with E-state index in [2.05, 4.69) is 11.5 Å². The molecule has 3 heteroatoms. The molecule has 1 N–H and O–H groups in total. The Kier molecular flexibility index (Phi) is 0.962. The van der Waals surface area contributed by atoms with Gasteiger partial charge in [-0.05, 0) is 11.5 Å². The smallest absolute Gasteiger partial charge is 0.286 e. The number of hydrogen-bond acceptors (Lipinski definition) is 2. The maximum Gasteiger partial charge on any atom is 0.286 e. The fourth-order valence-corrected chi connectivity index (χ4v) is 0.941. The molecule has 0 bridgehead atoms. The molecule has 1 aliphatic heterocycles. The van der Waals surface area contributed by atoms with Crippen LogP contribution in [0.2, 0.25) is 0 Å². The average molecular weight is 119 g/mol. The summed E-state index contributed by atoms with van der Waals surface area (Å²) in [7, 11) is 0.830. The Balaban J connectivity index is 2.54. The number of fused-ring (bicyclic) bond motifs is 1. The van der Waals surface area contributed by atoms with Crippen molar-refractivity contribution in [1.29, 1.82) is 0 Å². The van der Waals surface area contributed by atoms with Crippen LogP contribution in [0.25, 0.3) is 0 Å². The van der Waals surface area contributed by atoms with Gasteiger partial charge in [0.1, 0.15) is 5.75 Å². The summed E-state index contributed by atoms with van der Waals surface area (Å²) in [6, 6.07) is 7.98. The van der Waals surface area contributed by atoms with Crippen LogP contribution in [0.15, 0.2) is 24.3 Å². The topological polar surface area (TPSA) is 21.3 Å². The fourth-order valence-electron chi connectivity index (χ4n) is 0.941. The van der Waals surface area contributed by atoms with E-state index in [0.29, 0.717) is 0 Å². The van der Waals surface area contributed by atoms with Gasteiger partial charge in [0.25, 0.3) is 7.41 Å². The number of hydrogen-bond donors (Lipinski definition) is 1. The molecule has 0 aromatic heterocycles.